The van der Waals surface area contributed by atoms with Gasteiger partial charge in [0, 0.05) is 25.6 Å². The first kappa shape index (κ1) is 13.2. The highest BCUT2D eigenvalue weighted by molar-refractivity contribution is 5.75. The van der Waals surface area contributed by atoms with E-state index in [4.69, 9.17) is 5.11 Å². The van der Waals surface area contributed by atoms with Gasteiger partial charge in [0.15, 0.2) is 0 Å². The molecule has 0 aromatic rings. The molecule has 1 heterocycles. The number of hydrogen-bond acceptors (Lipinski definition) is 2. The van der Waals surface area contributed by atoms with E-state index in [1.165, 1.54) is 19.3 Å². The molecule has 2 fully saturated rings. The second-order valence-corrected chi connectivity index (χ2v) is 5.73. The molecular formula is C13H22N2O3. The summed E-state index contributed by atoms with van der Waals surface area (Å²) in [5.74, 6) is -0.642. The van der Waals surface area contributed by atoms with Crippen molar-refractivity contribution in [3.05, 3.63) is 0 Å². The standard InChI is InChI=1S/C13H22N2O3/c1-2-13(4-3-5-13)9-14-12(18)15-7-10(8-15)6-11(16)17/h10H,2-9H2,1H3,(H,14,18)(H,16,17). The summed E-state index contributed by atoms with van der Waals surface area (Å²) in [6, 6.07) is -0.0311. The number of carboxylic acid groups (broad SMARTS) is 1. The molecule has 2 amide bonds. The van der Waals surface area contributed by atoms with Gasteiger partial charge >= 0.3 is 12.0 Å². The van der Waals surface area contributed by atoms with Crippen LogP contribution in [0.4, 0.5) is 4.79 Å². The molecule has 1 saturated carbocycles. The van der Waals surface area contributed by atoms with Crippen molar-refractivity contribution in [3.63, 3.8) is 0 Å². The molecule has 2 aliphatic rings. The van der Waals surface area contributed by atoms with Crippen molar-refractivity contribution < 1.29 is 14.7 Å². The monoisotopic (exact) mass is 254 g/mol. The molecule has 0 aromatic carbocycles. The minimum absolute atomic E-state index is 0.0311. The van der Waals surface area contributed by atoms with Crippen LogP contribution in [0.25, 0.3) is 0 Å². The van der Waals surface area contributed by atoms with Crippen LogP contribution in [0.3, 0.4) is 0 Å². The van der Waals surface area contributed by atoms with Crippen molar-refractivity contribution >= 4 is 12.0 Å². The maximum Gasteiger partial charge on any atom is 0.317 e. The van der Waals surface area contributed by atoms with E-state index >= 15 is 0 Å². The molecule has 0 bridgehead atoms. The fourth-order valence-corrected chi connectivity index (χ4v) is 2.82. The number of rotatable bonds is 5. The number of carbonyl (C=O) groups excluding carboxylic acids is 1. The minimum Gasteiger partial charge on any atom is -0.481 e. The lowest BCUT2D eigenvalue weighted by molar-refractivity contribution is -0.139. The van der Waals surface area contributed by atoms with Crippen LogP contribution in [0.5, 0.6) is 0 Å². The Labute approximate surface area is 108 Å². The Morgan fingerprint density at radius 1 is 1.39 bits per heavy atom. The van der Waals surface area contributed by atoms with Crippen LogP contribution in [0.15, 0.2) is 0 Å². The van der Waals surface area contributed by atoms with Crippen molar-refractivity contribution in [2.75, 3.05) is 19.6 Å². The number of hydrogen-bond donors (Lipinski definition) is 2. The summed E-state index contributed by atoms with van der Waals surface area (Å²) >= 11 is 0. The molecule has 5 heteroatoms. The van der Waals surface area contributed by atoms with E-state index in [1.807, 2.05) is 0 Å². The van der Waals surface area contributed by atoms with Crippen LogP contribution in [0.1, 0.15) is 39.0 Å². The van der Waals surface area contributed by atoms with E-state index < -0.39 is 5.97 Å². The normalized spacial score (nSPS) is 21.9. The van der Waals surface area contributed by atoms with Crippen molar-refractivity contribution in [2.24, 2.45) is 11.3 Å². The number of aliphatic carboxylic acids is 1. The second kappa shape index (κ2) is 5.16. The van der Waals surface area contributed by atoms with Crippen molar-refractivity contribution in [3.8, 4) is 0 Å². The maximum atomic E-state index is 11.8. The quantitative estimate of drug-likeness (QED) is 0.784. The van der Waals surface area contributed by atoms with Crippen LogP contribution >= 0.6 is 0 Å². The van der Waals surface area contributed by atoms with Crippen LogP contribution in [-0.4, -0.2) is 41.6 Å². The van der Waals surface area contributed by atoms with Crippen molar-refractivity contribution in [1.29, 1.82) is 0 Å². The summed E-state index contributed by atoms with van der Waals surface area (Å²) < 4.78 is 0. The summed E-state index contributed by atoms with van der Waals surface area (Å²) in [4.78, 5) is 24.0. The van der Waals surface area contributed by atoms with Crippen LogP contribution in [0.2, 0.25) is 0 Å². The third kappa shape index (κ3) is 2.76. The highest BCUT2D eigenvalue weighted by Crippen LogP contribution is 2.43. The van der Waals surface area contributed by atoms with E-state index in [0.29, 0.717) is 18.5 Å². The Kier molecular flexibility index (Phi) is 3.78. The SMILES string of the molecule is CCC1(CNC(=O)N2CC(CC(=O)O)C2)CCC1. The zero-order chi connectivity index (χ0) is 13.2. The number of nitrogens with one attached hydrogen (secondary N) is 1. The topological polar surface area (TPSA) is 69.6 Å². The van der Waals surface area contributed by atoms with Gasteiger partial charge in [-0.3, -0.25) is 4.79 Å². The molecule has 0 unspecified atom stereocenters. The number of nitrogens with zero attached hydrogens (tertiary/aromatic N) is 1. The van der Waals surface area contributed by atoms with E-state index in [-0.39, 0.29) is 18.4 Å². The number of carbonyl (C=O) groups is 2. The van der Waals surface area contributed by atoms with E-state index in [2.05, 4.69) is 12.2 Å². The average molecular weight is 254 g/mol. The number of likely N-dealkylation sites (tertiary alicyclic amines) is 1. The van der Waals surface area contributed by atoms with Gasteiger partial charge < -0.3 is 15.3 Å². The molecule has 0 atom stereocenters. The molecule has 2 rings (SSSR count). The highest BCUT2D eigenvalue weighted by atomic mass is 16.4. The zero-order valence-electron chi connectivity index (χ0n) is 10.9. The summed E-state index contributed by atoms with van der Waals surface area (Å²) in [5.41, 5.74) is 0.334. The average Bonchev–Trinajstić information content (AvgIpc) is 2.21. The molecule has 102 valence electrons. The van der Waals surface area contributed by atoms with Gasteiger partial charge in [0.1, 0.15) is 0 Å². The maximum absolute atomic E-state index is 11.8. The molecule has 18 heavy (non-hydrogen) atoms. The summed E-state index contributed by atoms with van der Waals surface area (Å²) in [5, 5.41) is 11.6. The van der Waals surface area contributed by atoms with Gasteiger partial charge in [-0.1, -0.05) is 13.3 Å². The first-order valence-electron chi connectivity index (χ1n) is 6.79. The van der Waals surface area contributed by atoms with Crippen LogP contribution in [-0.2, 0) is 4.79 Å². The molecule has 5 nitrogen and oxygen atoms in total. The van der Waals surface area contributed by atoms with Gasteiger partial charge in [0.25, 0.3) is 0 Å². The molecule has 1 aliphatic carbocycles. The fourth-order valence-electron chi connectivity index (χ4n) is 2.82. The number of urea groups is 1. The summed E-state index contributed by atoms with van der Waals surface area (Å²) in [7, 11) is 0. The zero-order valence-corrected chi connectivity index (χ0v) is 10.9. The lowest BCUT2D eigenvalue weighted by Gasteiger charge is -2.43. The number of carboxylic acids is 1. The van der Waals surface area contributed by atoms with E-state index in [0.717, 1.165) is 13.0 Å². The molecule has 0 spiro atoms. The smallest absolute Gasteiger partial charge is 0.317 e. The lowest BCUT2D eigenvalue weighted by Crippen LogP contribution is -2.56. The third-order valence-corrected chi connectivity index (χ3v) is 4.49. The Hall–Kier alpha value is -1.26. The van der Waals surface area contributed by atoms with E-state index in [1.54, 1.807) is 4.90 Å². The Balaban J connectivity index is 1.66. The fraction of sp³-hybridized carbons (Fsp3) is 0.846. The first-order valence-corrected chi connectivity index (χ1v) is 6.79. The molecule has 2 N–H and O–H groups in total. The molecule has 1 saturated heterocycles. The largest absolute Gasteiger partial charge is 0.481 e. The van der Waals surface area contributed by atoms with Crippen molar-refractivity contribution in [2.45, 2.75) is 39.0 Å². The van der Waals surface area contributed by atoms with Crippen LogP contribution in [0, 0.1) is 11.3 Å². The number of amides is 2. The predicted octanol–water partition coefficient (Wildman–Crippen LogP) is 1.68. The Bertz CT molecular complexity index is 328. The van der Waals surface area contributed by atoms with Gasteiger partial charge in [-0.05, 0) is 24.7 Å². The Morgan fingerprint density at radius 3 is 2.50 bits per heavy atom. The molecular weight excluding hydrogens is 232 g/mol. The third-order valence-electron chi connectivity index (χ3n) is 4.49. The van der Waals surface area contributed by atoms with E-state index in [9.17, 15) is 9.59 Å². The minimum atomic E-state index is -0.778. The molecule has 1 aliphatic heterocycles. The van der Waals surface area contributed by atoms with Crippen molar-refractivity contribution in [1.82, 2.24) is 10.2 Å². The Morgan fingerprint density at radius 2 is 2.06 bits per heavy atom. The lowest BCUT2D eigenvalue weighted by atomic mass is 9.67. The van der Waals surface area contributed by atoms with Gasteiger partial charge in [-0.25, -0.2) is 4.79 Å². The van der Waals surface area contributed by atoms with Gasteiger partial charge in [0.2, 0.25) is 0 Å². The summed E-state index contributed by atoms with van der Waals surface area (Å²) in [6.45, 7) is 4.11. The summed E-state index contributed by atoms with van der Waals surface area (Å²) in [6.07, 6.45) is 4.99. The second-order valence-electron chi connectivity index (χ2n) is 5.73. The van der Waals surface area contributed by atoms with Crippen LogP contribution < -0.4 is 5.32 Å². The van der Waals surface area contributed by atoms with Gasteiger partial charge in [-0.15, -0.1) is 0 Å². The molecule has 0 aromatic heterocycles. The predicted molar refractivity (Wildman–Crippen MR) is 67.3 cm³/mol. The van der Waals surface area contributed by atoms with Gasteiger partial charge in [0.05, 0.1) is 6.42 Å². The first-order chi connectivity index (χ1) is 8.54. The van der Waals surface area contributed by atoms with Gasteiger partial charge in [-0.2, -0.15) is 0 Å². The molecule has 0 radical (unpaired) electrons. The highest BCUT2D eigenvalue weighted by Gasteiger charge is 2.37.